The molecule has 61 valence electrons. The Morgan fingerprint density at radius 2 is 2.10 bits per heavy atom. The van der Waals surface area contributed by atoms with E-state index in [1.807, 2.05) is 6.92 Å². The molecule has 0 heterocycles. The predicted octanol–water partition coefficient (Wildman–Crippen LogP) is 0.110. The van der Waals surface area contributed by atoms with Crippen LogP contribution in [0.15, 0.2) is 0 Å². The SMILES string of the molecule is CCCCC[S+]([O])(=O)O[NH3+]. The van der Waals surface area contributed by atoms with Gasteiger partial charge in [0.15, 0.2) is 5.75 Å². The summed E-state index contributed by atoms with van der Waals surface area (Å²) >= 11 is 0. The van der Waals surface area contributed by atoms with Crippen molar-refractivity contribution >= 4 is 10.5 Å². The Kier molecular flexibility index (Phi) is 4.80. The molecule has 5 heteroatoms. The standard InChI is InChI=1S/C5H14NO3S/c1-2-3-4-5-10(7,8)9-6/h2-5H2,1,6H3/q+2. The summed E-state index contributed by atoms with van der Waals surface area (Å²) in [4.78, 5) is 0. The highest BCUT2D eigenvalue weighted by molar-refractivity contribution is 7.92. The van der Waals surface area contributed by atoms with Gasteiger partial charge in [-0.2, -0.15) is 5.90 Å². The van der Waals surface area contributed by atoms with Gasteiger partial charge in [0.25, 0.3) is 0 Å². The van der Waals surface area contributed by atoms with Gasteiger partial charge in [-0.1, -0.05) is 13.3 Å². The van der Waals surface area contributed by atoms with Gasteiger partial charge in [-0.25, -0.2) is 0 Å². The van der Waals surface area contributed by atoms with E-state index in [0.29, 0.717) is 6.42 Å². The maximum Gasteiger partial charge on any atom is 0.448 e. The number of unbranched alkanes of at least 4 members (excludes halogenated alkanes) is 2. The lowest BCUT2D eigenvalue weighted by Gasteiger charge is -1.92. The molecule has 0 aliphatic heterocycles. The zero-order valence-electron chi connectivity index (χ0n) is 6.17. The minimum atomic E-state index is -3.30. The van der Waals surface area contributed by atoms with Crippen molar-refractivity contribution in [2.24, 2.45) is 0 Å². The first-order valence-corrected chi connectivity index (χ1v) is 4.86. The smallest absolute Gasteiger partial charge is 0.159 e. The molecule has 1 atom stereocenters. The molecular weight excluding hydrogens is 154 g/mol. The molecule has 1 radical (unpaired) electrons. The van der Waals surface area contributed by atoms with Crippen LogP contribution in [0.1, 0.15) is 26.2 Å². The van der Waals surface area contributed by atoms with Crippen molar-refractivity contribution in [1.29, 1.82) is 0 Å². The number of hydrogen-bond donors (Lipinski definition) is 1. The largest absolute Gasteiger partial charge is 0.448 e. The molecule has 0 amide bonds. The summed E-state index contributed by atoms with van der Waals surface area (Å²) in [7, 11) is -3.30. The Balaban J connectivity index is 3.38. The van der Waals surface area contributed by atoms with Crippen LogP contribution in [0.4, 0.5) is 0 Å². The molecule has 0 aliphatic carbocycles. The van der Waals surface area contributed by atoms with Gasteiger partial charge in [-0.15, -0.1) is 0 Å². The zero-order valence-corrected chi connectivity index (χ0v) is 6.99. The Morgan fingerprint density at radius 3 is 2.50 bits per heavy atom. The molecule has 1 unspecified atom stereocenters. The van der Waals surface area contributed by atoms with Gasteiger partial charge in [0.2, 0.25) is 0 Å². The molecule has 0 aromatic carbocycles. The molecule has 0 saturated carbocycles. The summed E-state index contributed by atoms with van der Waals surface area (Å²) in [5.74, 6) is 2.94. The van der Waals surface area contributed by atoms with Gasteiger partial charge in [0, 0.05) is 4.28 Å². The molecule has 0 rings (SSSR count). The second kappa shape index (κ2) is 4.79. The fourth-order valence-electron chi connectivity index (χ4n) is 0.588. The van der Waals surface area contributed by atoms with Crippen molar-refractivity contribution in [1.82, 2.24) is 0 Å². The Hall–Kier alpha value is 0.0300. The third-order valence-corrected chi connectivity index (χ3v) is 2.33. The normalized spacial score (nSPS) is 16.7. The van der Waals surface area contributed by atoms with Crippen LogP contribution >= 0.6 is 0 Å². The van der Waals surface area contributed by atoms with Crippen molar-refractivity contribution in [3.8, 4) is 0 Å². The Morgan fingerprint density at radius 1 is 1.50 bits per heavy atom. The number of rotatable bonds is 5. The average molecular weight is 168 g/mol. The van der Waals surface area contributed by atoms with Gasteiger partial charge < -0.3 is 0 Å². The van der Waals surface area contributed by atoms with Crippen LogP contribution in [-0.4, -0.2) is 5.75 Å². The van der Waals surface area contributed by atoms with Crippen LogP contribution in [0.3, 0.4) is 0 Å². The fourth-order valence-corrected chi connectivity index (χ4v) is 1.26. The second-order valence-electron chi connectivity index (χ2n) is 2.09. The minimum absolute atomic E-state index is 0.0876. The van der Waals surface area contributed by atoms with Gasteiger partial charge >= 0.3 is 10.5 Å². The first kappa shape index (κ1) is 10.0. The predicted molar refractivity (Wildman–Crippen MR) is 37.1 cm³/mol. The molecule has 0 spiro atoms. The highest BCUT2D eigenvalue weighted by Gasteiger charge is 2.31. The summed E-state index contributed by atoms with van der Waals surface area (Å²) < 4.78 is 25.2. The molecule has 0 bridgehead atoms. The van der Waals surface area contributed by atoms with E-state index in [4.69, 9.17) is 0 Å². The third kappa shape index (κ3) is 4.87. The van der Waals surface area contributed by atoms with E-state index in [-0.39, 0.29) is 5.75 Å². The lowest BCUT2D eigenvalue weighted by molar-refractivity contribution is -0.637. The zero-order chi connectivity index (χ0) is 8.04. The van der Waals surface area contributed by atoms with Crippen LogP contribution in [0.2, 0.25) is 0 Å². The fraction of sp³-hybridized carbons (Fsp3) is 1.00. The summed E-state index contributed by atoms with van der Waals surface area (Å²) in [6.45, 7) is 2.01. The number of quaternary nitrogens is 1. The minimum Gasteiger partial charge on any atom is -0.159 e. The van der Waals surface area contributed by atoms with Crippen LogP contribution in [0.25, 0.3) is 0 Å². The number of hydrogen-bond acceptors (Lipinski definition) is 2. The molecule has 10 heavy (non-hydrogen) atoms. The Labute approximate surface area is 62.2 Å². The molecule has 0 aromatic rings. The summed E-state index contributed by atoms with van der Waals surface area (Å²) in [6.07, 6.45) is 2.59. The molecule has 3 N–H and O–H groups in total. The van der Waals surface area contributed by atoms with Crippen molar-refractivity contribution in [3.05, 3.63) is 0 Å². The van der Waals surface area contributed by atoms with Crippen molar-refractivity contribution in [2.75, 3.05) is 5.75 Å². The summed E-state index contributed by atoms with van der Waals surface area (Å²) in [5, 5.41) is 0. The van der Waals surface area contributed by atoms with Gasteiger partial charge in [0.05, 0.1) is 4.55 Å². The van der Waals surface area contributed by atoms with E-state index >= 15 is 0 Å². The molecule has 0 fully saturated rings. The first-order chi connectivity index (χ1) is 4.62. The molecule has 4 nitrogen and oxygen atoms in total. The lowest BCUT2D eigenvalue weighted by atomic mass is 10.3. The van der Waals surface area contributed by atoms with Gasteiger partial charge in [-0.05, 0) is 17.1 Å². The maximum absolute atomic E-state index is 10.6. The van der Waals surface area contributed by atoms with Gasteiger partial charge in [0.1, 0.15) is 0 Å². The van der Waals surface area contributed by atoms with E-state index < -0.39 is 10.5 Å². The van der Waals surface area contributed by atoms with Gasteiger partial charge in [-0.3, -0.25) is 0 Å². The highest BCUT2D eigenvalue weighted by atomic mass is 32.3. The van der Waals surface area contributed by atoms with Crippen LogP contribution < -0.4 is 5.90 Å². The van der Waals surface area contributed by atoms with Crippen LogP contribution in [0, 0.1) is 0 Å². The maximum atomic E-state index is 10.6. The third-order valence-electron chi connectivity index (χ3n) is 1.18. The molecule has 0 aromatic heterocycles. The quantitative estimate of drug-likeness (QED) is 0.359. The monoisotopic (exact) mass is 168 g/mol. The molecule has 0 saturated heterocycles. The van der Waals surface area contributed by atoms with Crippen LogP contribution in [0.5, 0.6) is 0 Å². The molecule has 0 aliphatic rings. The van der Waals surface area contributed by atoms with E-state index in [2.05, 4.69) is 10.2 Å². The topological polar surface area (TPSA) is 73.8 Å². The summed E-state index contributed by atoms with van der Waals surface area (Å²) in [5.41, 5.74) is 0. The highest BCUT2D eigenvalue weighted by Crippen LogP contribution is 2.04. The van der Waals surface area contributed by atoms with E-state index in [1.165, 1.54) is 0 Å². The average Bonchev–Trinajstić information content (AvgIpc) is 1.89. The summed E-state index contributed by atoms with van der Waals surface area (Å²) in [6, 6.07) is 0. The van der Waals surface area contributed by atoms with Crippen molar-refractivity contribution < 1.29 is 18.9 Å². The van der Waals surface area contributed by atoms with E-state index in [9.17, 15) is 8.76 Å². The first-order valence-electron chi connectivity index (χ1n) is 3.28. The van der Waals surface area contributed by atoms with Crippen LogP contribution in [-0.2, 0) is 23.5 Å². The second-order valence-corrected chi connectivity index (χ2v) is 3.85. The van der Waals surface area contributed by atoms with E-state index in [0.717, 1.165) is 12.8 Å². The Bertz CT molecular complexity index is 128. The van der Waals surface area contributed by atoms with Crippen molar-refractivity contribution in [3.63, 3.8) is 0 Å². The molecular formula is C5H14NO3S+2. The lowest BCUT2D eigenvalue weighted by Crippen LogP contribution is -2.53. The van der Waals surface area contributed by atoms with E-state index in [1.54, 1.807) is 0 Å². The van der Waals surface area contributed by atoms with Crippen molar-refractivity contribution in [2.45, 2.75) is 26.2 Å².